The van der Waals surface area contributed by atoms with Gasteiger partial charge in [-0.3, -0.25) is 4.79 Å². The molecule has 0 saturated carbocycles. The van der Waals surface area contributed by atoms with Crippen LogP contribution in [-0.4, -0.2) is 28.7 Å². The van der Waals surface area contributed by atoms with Crippen LogP contribution >= 0.6 is 0 Å². The number of fused-ring (bicyclic) bond motifs is 4. The number of carbonyl (C=O) groups is 1. The first-order valence-electron chi connectivity index (χ1n) is 12.4. The lowest BCUT2D eigenvalue weighted by molar-refractivity contribution is 0.0744. The van der Waals surface area contributed by atoms with E-state index < -0.39 is 0 Å². The number of carbonyl (C=O) groups excluding carboxylic acids is 1. The highest BCUT2D eigenvalue weighted by atomic mass is 16.7. The highest BCUT2D eigenvalue weighted by Gasteiger charge is 2.21. The van der Waals surface area contributed by atoms with Crippen LogP contribution in [0.25, 0.3) is 21.8 Å². The topological polar surface area (TPSA) is 43.7 Å². The number of rotatable bonds is 7. The van der Waals surface area contributed by atoms with Gasteiger partial charge in [0.05, 0.1) is 0 Å². The molecule has 0 aliphatic carbocycles. The molecule has 1 aliphatic heterocycles. The molecule has 0 saturated heterocycles. The predicted molar refractivity (Wildman–Crippen MR) is 143 cm³/mol. The van der Waals surface area contributed by atoms with Gasteiger partial charge in [-0.1, -0.05) is 54.6 Å². The van der Waals surface area contributed by atoms with Crippen LogP contribution in [0.5, 0.6) is 11.5 Å². The minimum Gasteiger partial charge on any atom is -0.454 e. The number of ether oxygens (including phenoxy) is 2. The molecule has 0 unspecified atom stereocenters. The van der Waals surface area contributed by atoms with Crippen molar-refractivity contribution < 1.29 is 14.3 Å². The highest BCUT2D eigenvalue weighted by Crippen LogP contribution is 2.33. The highest BCUT2D eigenvalue weighted by molar-refractivity contribution is 6.08. The Morgan fingerprint density at radius 3 is 2.44 bits per heavy atom. The third kappa shape index (κ3) is 4.07. The van der Waals surface area contributed by atoms with Crippen molar-refractivity contribution in [3.8, 4) is 11.5 Å². The molecule has 6 rings (SSSR count). The SMILES string of the molecule is CCn1c2ccccc2c2cc(CN(CCc3ccccc3)C(=O)c3ccc4c(c3)OCO4)ccc21. The zero-order valence-corrected chi connectivity index (χ0v) is 20.3. The van der Waals surface area contributed by atoms with Crippen LogP contribution in [-0.2, 0) is 19.5 Å². The maximum atomic E-state index is 13.7. The lowest BCUT2D eigenvalue weighted by Crippen LogP contribution is -2.32. The van der Waals surface area contributed by atoms with Crippen molar-refractivity contribution in [1.29, 1.82) is 0 Å². The normalized spacial score (nSPS) is 12.4. The summed E-state index contributed by atoms with van der Waals surface area (Å²) in [5.41, 5.74) is 5.40. The molecule has 4 aromatic carbocycles. The van der Waals surface area contributed by atoms with Crippen molar-refractivity contribution >= 4 is 27.7 Å². The zero-order chi connectivity index (χ0) is 24.5. The second kappa shape index (κ2) is 9.42. The third-order valence-corrected chi connectivity index (χ3v) is 6.95. The third-order valence-electron chi connectivity index (χ3n) is 6.95. The lowest BCUT2D eigenvalue weighted by atomic mass is 10.1. The molecule has 1 aromatic heterocycles. The molecular weight excluding hydrogens is 448 g/mol. The lowest BCUT2D eigenvalue weighted by Gasteiger charge is -2.23. The van der Waals surface area contributed by atoms with Crippen LogP contribution in [0.15, 0.2) is 91.0 Å². The second-order valence-electron chi connectivity index (χ2n) is 9.14. The van der Waals surface area contributed by atoms with Crippen molar-refractivity contribution in [2.24, 2.45) is 0 Å². The van der Waals surface area contributed by atoms with E-state index in [2.05, 4.69) is 66.1 Å². The molecular formula is C31H28N2O3. The smallest absolute Gasteiger partial charge is 0.254 e. The van der Waals surface area contributed by atoms with E-state index in [0.717, 1.165) is 18.5 Å². The Morgan fingerprint density at radius 1 is 0.806 bits per heavy atom. The number of hydrogen-bond donors (Lipinski definition) is 0. The van der Waals surface area contributed by atoms with E-state index in [1.165, 1.54) is 27.4 Å². The Balaban J connectivity index is 1.34. The summed E-state index contributed by atoms with van der Waals surface area (Å²) in [6.07, 6.45) is 0.786. The summed E-state index contributed by atoms with van der Waals surface area (Å²) in [6, 6.07) is 30.8. The average Bonchev–Trinajstić information content (AvgIpc) is 3.52. The van der Waals surface area contributed by atoms with Crippen LogP contribution in [0.3, 0.4) is 0 Å². The molecule has 2 heterocycles. The number of aryl methyl sites for hydroxylation is 1. The minimum absolute atomic E-state index is 0.0136. The van der Waals surface area contributed by atoms with Gasteiger partial charge in [0, 0.05) is 47.0 Å². The first-order chi connectivity index (χ1) is 17.7. The molecule has 0 radical (unpaired) electrons. The fourth-order valence-corrected chi connectivity index (χ4v) is 5.13. The van der Waals surface area contributed by atoms with E-state index in [-0.39, 0.29) is 12.7 Å². The van der Waals surface area contributed by atoms with E-state index in [9.17, 15) is 4.79 Å². The summed E-state index contributed by atoms with van der Waals surface area (Å²) in [7, 11) is 0. The molecule has 36 heavy (non-hydrogen) atoms. The number of nitrogens with zero attached hydrogens (tertiary/aromatic N) is 2. The molecule has 5 aromatic rings. The van der Waals surface area contributed by atoms with Gasteiger partial charge in [0.2, 0.25) is 6.79 Å². The Morgan fingerprint density at radius 2 is 1.58 bits per heavy atom. The van der Waals surface area contributed by atoms with E-state index in [0.29, 0.717) is 30.2 Å². The van der Waals surface area contributed by atoms with Gasteiger partial charge >= 0.3 is 0 Å². The fourth-order valence-electron chi connectivity index (χ4n) is 5.13. The molecule has 0 spiro atoms. The fraction of sp³-hybridized carbons (Fsp3) is 0.194. The predicted octanol–water partition coefficient (Wildman–Crippen LogP) is 6.43. The van der Waals surface area contributed by atoms with Gasteiger partial charge in [0.1, 0.15) is 0 Å². The van der Waals surface area contributed by atoms with Gasteiger partial charge in [-0.2, -0.15) is 0 Å². The van der Waals surface area contributed by atoms with Crippen LogP contribution in [0.1, 0.15) is 28.4 Å². The second-order valence-corrected chi connectivity index (χ2v) is 9.14. The van der Waals surface area contributed by atoms with Gasteiger partial charge in [0.25, 0.3) is 5.91 Å². The van der Waals surface area contributed by atoms with Crippen LogP contribution in [0.4, 0.5) is 0 Å². The molecule has 1 amide bonds. The van der Waals surface area contributed by atoms with Crippen LogP contribution in [0, 0.1) is 0 Å². The van der Waals surface area contributed by atoms with E-state index in [1.54, 1.807) is 6.07 Å². The van der Waals surface area contributed by atoms with E-state index >= 15 is 0 Å². The zero-order valence-electron chi connectivity index (χ0n) is 20.3. The molecule has 0 fully saturated rings. The van der Waals surface area contributed by atoms with Crippen molar-refractivity contribution in [3.05, 3.63) is 108 Å². The summed E-state index contributed by atoms with van der Waals surface area (Å²) < 4.78 is 13.3. The largest absolute Gasteiger partial charge is 0.454 e. The Bertz CT molecular complexity index is 1560. The average molecular weight is 477 g/mol. The van der Waals surface area contributed by atoms with Crippen molar-refractivity contribution in [2.75, 3.05) is 13.3 Å². The van der Waals surface area contributed by atoms with Crippen molar-refractivity contribution in [2.45, 2.75) is 26.4 Å². The minimum atomic E-state index is -0.0136. The number of amides is 1. The summed E-state index contributed by atoms with van der Waals surface area (Å²) in [5.74, 6) is 1.29. The van der Waals surface area contributed by atoms with Gasteiger partial charge < -0.3 is 18.9 Å². The summed E-state index contributed by atoms with van der Waals surface area (Å²) in [4.78, 5) is 15.7. The van der Waals surface area contributed by atoms with Gasteiger partial charge in [-0.25, -0.2) is 0 Å². The molecule has 5 heteroatoms. The Labute approximate surface area is 210 Å². The maximum absolute atomic E-state index is 13.7. The Kier molecular flexibility index (Phi) is 5.82. The molecule has 0 bridgehead atoms. The van der Waals surface area contributed by atoms with Gasteiger partial charge in [-0.05, 0) is 60.9 Å². The Hall–Kier alpha value is -4.25. The number of aromatic nitrogens is 1. The summed E-state index contributed by atoms with van der Waals surface area (Å²) >= 11 is 0. The standard InChI is InChI=1S/C31H28N2O3/c1-2-33-27-11-7-6-10-25(27)26-18-23(12-14-28(26)33)20-32(17-16-22-8-4-3-5-9-22)31(34)24-13-15-29-30(19-24)36-21-35-29/h3-15,18-19H,2,16-17,20-21H2,1H3. The molecule has 0 atom stereocenters. The van der Waals surface area contributed by atoms with Crippen LogP contribution in [0.2, 0.25) is 0 Å². The van der Waals surface area contributed by atoms with E-state index in [4.69, 9.17) is 9.47 Å². The maximum Gasteiger partial charge on any atom is 0.254 e. The number of para-hydroxylation sites is 1. The first-order valence-corrected chi connectivity index (χ1v) is 12.4. The van der Waals surface area contributed by atoms with Gasteiger partial charge in [-0.15, -0.1) is 0 Å². The molecule has 0 N–H and O–H groups in total. The summed E-state index contributed by atoms with van der Waals surface area (Å²) in [6.45, 7) is 4.42. The number of hydrogen-bond acceptors (Lipinski definition) is 3. The molecule has 5 nitrogen and oxygen atoms in total. The quantitative estimate of drug-likeness (QED) is 0.272. The van der Waals surface area contributed by atoms with Gasteiger partial charge in [0.15, 0.2) is 11.5 Å². The molecule has 1 aliphatic rings. The molecule has 180 valence electrons. The van der Waals surface area contributed by atoms with Crippen LogP contribution < -0.4 is 9.47 Å². The van der Waals surface area contributed by atoms with Crippen molar-refractivity contribution in [1.82, 2.24) is 9.47 Å². The number of benzene rings is 4. The van der Waals surface area contributed by atoms with E-state index in [1.807, 2.05) is 35.2 Å². The first kappa shape index (κ1) is 22.2. The monoisotopic (exact) mass is 476 g/mol. The summed E-state index contributed by atoms with van der Waals surface area (Å²) in [5, 5.41) is 2.47. The van der Waals surface area contributed by atoms with Crippen molar-refractivity contribution in [3.63, 3.8) is 0 Å².